The molecule has 0 aromatic heterocycles. The van der Waals surface area contributed by atoms with Gasteiger partial charge in [-0.2, -0.15) is 0 Å². The Morgan fingerprint density at radius 1 is 0.818 bits per heavy atom. The summed E-state index contributed by atoms with van der Waals surface area (Å²) in [5, 5.41) is 20.6. The maximum Gasteiger partial charge on any atom is 0.269 e. The van der Waals surface area contributed by atoms with Crippen LogP contribution >= 0.6 is 0 Å². The highest BCUT2D eigenvalue weighted by Gasteiger charge is 2.34. The minimum Gasteiger partial charge on any atom is -0.392 e. The number of piperazine rings is 1. The number of nitrogens with zero attached hydrogens (tertiary/aromatic N) is 3. The van der Waals surface area contributed by atoms with E-state index in [4.69, 9.17) is 15.2 Å². The number of rotatable bonds is 9. The molecular weight excluding hydrogens is 556 g/mol. The molecule has 3 atom stereocenters. The third-order valence-corrected chi connectivity index (χ3v) is 8.53. The van der Waals surface area contributed by atoms with E-state index in [9.17, 15) is 15.2 Å². The number of aliphatic hydroxyl groups is 1. The van der Waals surface area contributed by atoms with Crippen LogP contribution in [0.4, 0.5) is 11.4 Å². The summed E-state index contributed by atoms with van der Waals surface area (Å²) in [6.45, 7) is 4.67. The highest BCUT2D eigenvalue weighted by molar-refractivity contribution is 5.65. The number of ether oxygens (including phenoxy) is 2. The van der Waals surface area contributed by atoms with E-state index in [1.54, 1.807) is 12.1 Å². The number of non-ortho nitro benzene ring substituents is 1. The molecule has 0 saturated carbocycles. The molecule has 2 aliphatic rings. The molecule has 44 heavy (non-hydrogen) atoms. The maximum atomic E-state index is 11.0. The molecule has 2 heterocycles. The van der Waals surface area contributed by atoms with E-state index in [2.05, 4.69) is 40.1 Å². The van der Waals surface area contributed by atoms with E-state index in [0.717, 1.165) is 78.2 Å². The Morgan fingerprint density at radius 2 is 1.52 bits per heavy atom. The average molecular weight is 595 g/mol. The Bertz CT molecular complexity index is 1550. The number of nitro groups is 1. The van der Waals surface area contributed by atoms with E-state index in [1.807, 2.05) is 54.6 Å². The van der Waals surface area contributed by atoms with Gasteiger partial charge >= 0.3 is 0 Å². The Labute approximate surface area is 257 Å². The number of nitro benzene ring substituents is 1. The quantitative estimate of drug-likeness (QED) is 0.191. The lowest BCUT2D eigenvalue weighted by Crippen LogP contribution is -2.49. The van der Waals surface area contributed by atoms with Crippen molar-refractivity contribution < 1.29 is 19.5 Å². The van der Waals surface area contributed by atoms with Gasteiger partial charge in [0.15, 0.2) is 6.29 Å². The van der Waals surface area contributed by atoms with Crippen molar-refractivity contribution in [2.45, 2.75) is 38.1 Å². The van der Waals surface area contributed by atoms with Gasteiger partial charge in [0.2, 0.25) is 0 Å². The van der Waals surface area contributed by atoms with Crippen LogP contribution in [0.5, 0.6) is 0 Å². The van der Waals surface area contributed by atoms with Crippen LogP contribution in [0.1, 0.15) is 41.1 Å². The van der Waals surface area contributed by atoms with Crippen molar-refractivity contribution in [2.75, 3.05) is 37.6 Å². The topological polar surface area (TPSA) is 114 Å². The Morgan fingerprint density at radius 3 is 2.20 bits per heavy atom. The van der Waals surface area contributed by atoms with E-state index >= 15 is 0 Å². The van der Waals surface area contributed by atoms with Crippen molar-refractivity contribution in [1.82, 2.24) is 4.90 Å². The van der Waals surface area contributed by atoms with Crippen LogP contribution in [0, 0.1) is 10.1 Å². The van der Waals surface area contributed by atoms with Crippen molar-refractivity contribution >= 4 is 11.4 Å². The van der Waals surface area contributed by atoms with Crippen LogP contribution in [0.25, 0.3) is 11.1 Å². The Balaban J connectivity index is 1.18. The molecule has 2 aliphatic heterocycles. The first-order chi connectivity index (χ1) is 21.5. The Kier molecular flexibility index (Phi) is 9.30. The number of nitrogens with two attached hydrogens (primary N) is 1. The smallest absolute Gasteiger partial charge is 0.269 e. The predicted molar refractivity (Wildman–Crippen MR) is 170 cm³/mol. The lowest BCUT2D eigenvalue weighted by Gasteiger charge is -2.41. The van der Waals surface area contributed by atoms with Crippen molar-refractivity contribution in [3.8, 4) is 11.1 Å². The molecule has 9 nitrogen and oxygen atoms in total. The summed E-state index contributed by atoms with van der Waals surface area (Å²) in [5.41, 5.74) is 13.2. The lowest BCUT2D eigenvalue weighted by atomic mass is 9.98. The summed E-state index contributed by atoms with van der Waals surface area (Å²) >= 11 is 0. The molecule has 0 bridgehead atoms. The number of anilines is 1. The Hall–Kier alpha value is -4.12. The van der Waals surface area contributed by atoms with Gasteiger partial charge < -0.3 is 25.2 Å². The van der Waals surface area contributed by atoms with E-state index in [1.165, 1.54) is 0 Å². The number of aliphatic hydroxyl groups excluding tert-OH is 1. The second kappa shape index (κ2) is 13.7. The molecule has 228 valence electrons. The monoisotopic (exact) mass is 594 g/mol. The fourth-order valence-electron chi connectivity index (χ4n) is 6.04. The first kappa shape index (κ1) is 29.9. The minimum absolute atomic E-state index is 0.00413. The van der Waals surface area contributed by atoms with Crippen molar-refractivity contribution in [3.05, 3.63) is 129 Å². The largest absolute Gasteiger partial charge is 0.392 e. The molecule has 3 N–H and O–H groups in total. The molecule has 4 aromatic rings. The fraction of sp³-hybridized carbons (Fsp3) is 0.314. The fourth-order valence-corrected chi connectivity index (χ4v) is 6.04. The molecule has 3 unspecified atom stereocenters. The lowest BCUT2D eigenvalue weighted by molar-refractivity contribution is -0.384. The molecule has 4 aromatic carbocycles. The zero-order chi connectivity index (χ0) is 30.5. The average Bonchev–Trinajstić information content (AvgIpc) is 3.08. The summed E-state index contributed by atoms with van der Waals surface area (Å²) in [6, 6.07) is 31.3. The molecule has 0 spiro atoms. The van der Waals surface area contributed by atoms with Gasteiger partial charge in [-0.1, -0.05) is 60.7 Å². The summed E-state index contributed by atoms with van der Waals surface area (Å²) in [6.07, 6.45) is -0.0192. The van der Waals surface area contributed by atoms with Gasteiger partial charge in [-0.25, -0.2) is 0 Å². The van der Waals surface area contributed by atoms with Crippen LogP contribution in [0.3, 0.4) is 0 Å². The van der Waals surface area contributed by atoms with Gasteiger partial charge in [-0.05, 0) is 52.1 Å². The van der Waals surface area contributed by atoms with E-state index in [-0.39, 0.29) is 29.4 Å². The minimum atomic E-state index is -0.532. The van der Waals surface area contributed by atoms with Crippen LogP contribution in [-0.2, 0) is 22.6 Å². The van der Waals surface area contributed by atoms with Crippen molar-refractivity contribution in [2.24, 2.45) is 5.73 Å². The van der Waals surface area contributed by atoms with Crippen molar-refractivity contribution in [1.29, 1.82) is 0 Å². The zero-order valence-electron chi connectivity index (χ0n) is 24.6. The SMILES string of the molecule is NCc1cccc(-c2cccc(C3OC(CN4CCN(c5ccc([N+](=O)[O-])cc5)CC4)CC(c4ccc(CO)cc4)O3)c2)c1. The molecule has 0 amide bonds. The van der Waals surface area contributed by atoms with Gasteiger partial charge in [-0.15, -0.1) is 0 Å². The first-order valence-corrected chi connectivity index (χ1v) is 15.1. The first-order valence-electron chi connectivity index (χ1n) is 15.1. The highest BCUT2D eigenvalue weighted by Crippen LogP contribution is 2.39. The van der Waals surface area contributed by atoms with Crippen LogP contribution in [0.15, 0.2) is 97.1 Å². The number of hydrogen-bond donors (Lipinski definition) is 2. The third kappa shape index (κ3) is 6.99. The van der Waals surface area contributed by atoms with E-state index < -0.39 is 6.29 Å². The molecule has 0 radical (unpaired) electrons. The van der Waals surface area contributed by atoms with Gasteiger partial charge in [-0.3, -0.25) is 15.0 Å². The highest BCUT2D eigenvalue weighted by atomic mass is 16.7. The molecule has 2 fully saturated rings. The second-order valence-corrected chi connectivity index (χ2v) is 11.4. The predicted octanol–water partition coefficient (Wildman–Crippen LogP) is 5.58. The van der Waals surface area contributed by atoms with Crippen LogP contribution < -0.4 is 10.6 Å². The normalized spacial score (nSPS) is 20.9. The molecule has 2 saturated heterocycles. The molecule has 9 heteroatoms. The van der Waals surface area contributed by atoms with E-state index in [0.29, 0.717) is 6.54 Å². The zero-order valence-corrected chi connectivity index (χ0v) is 24.6. The maximum absolute atomic E-state index is 11.0. The molecule has 0 aliphatic carbocycles. The summed E-state index contributed by atoms with van der Waals surface area (Å²) < 4.78 is 13.3. The van der Waals surface area contributed by atoms with Gasteiger partial charge in [0.25, 0.3) is 5.69 Å². The summed E-state index contributed by atoms with van der Waals surface area (Å²) in [5.74, 6) is 0. The van der Waals surface area contributed by atoms with Gasteiger partial charge in [0, 0.05) is 69.1 Å². The van der Waals surface area contributed by atoms with Crippen molar-refractivity contribution in [3.63, 3.8) is 0 Å². The molecule has 6 rings (SSSR count). The number of benzene rings is 4. The van der Waals surface area contributed by atoms with Gasteiger partial charge in [0.05, 0.1) is 23.7 Å². The van der Waals surface area contributed by atoms with Gasteiger partial charge in [0.1, 0.15) is 0 Å². The standard InChI is InChI=1S/C35H38N4O5/c36-22-26-3-1-4-28(19-26)29-5-2-6-30(20-29)35-43-33(21-34(44-35)27-9-7-25(24-40)8-10-27)23-37-15-17-38(18-16-37)31-11-13-32(14-12-31)39(41)42/h1-14,19-20,33-35,40H,15-18,21-24,36H2. The van der Waals surface area contributed by atoms with Crippen LogP contribution in [0.2, 0.25) is 0 Å². The molecular formula is C35H38N4O5. The summed E-state index contributed by atoms with van der Waals surface area (Å²) in [7, 11) is 0. The third-order valence-electron chi connectivity index (χ3n) is 8.53. The number of hydrogen-bond acceptors (Lipinski definition) is 8. The van der Waals surface area contributed by atoms with Crippen LogP contribution in [-0.4, -0.2) is 53.8 Å². The second-order valence-electron chi connectivity index (χ2n) is 11.4. The summed E-state index contributed by atoms with van der Waals surface area (Å²) in [4.78, 5) is 15.4.